The Hall–Kier alpha value is -6.00. The number of carboxylic acid groups (broad SMARTS) is 1. The van der Waals surface area contributed by atoms with Crippen LogP contribution in [0.1, 0.15) is 156 Å². The van der Waals surface area contributed by atoms with Crippen molar-refractivity contribution in [1.82, 2.24) is 26.6 Å². The van der Waals surface area contributed by atoms with Crippen molar-refractivity contribution in [2.45, 2.75) is 176 Å². The van der Waals surface area contributed by atoms with Crippen molar-refractivity contribution in [3.8, 4) is 11.1 Å². The molecule has 0 saturated carbocycles. The molecule has 384 valence electrons. The molecule has 0 aromatic heterocycles. The van der Waals surface area contributed by atoms with Crippen LogP contribution >= 0.6 is 0 Å². The summed E-state index contributed by atoms with van der Waals surface area (Å²) in [5.74, 6) is -5.71. The lowest BCUT2D eigenvalue weighted by Gasteiger charge is -2.25. The van der Waals surface area contributed by atoms with Crippen LogP contribution in [-0.4, -0.2) is 101 Å². The van der Waals surface area contributed by atoms with Gasteiger partial charge in [-0.25, -0.2) is 19.2 Å². The van der Waals surface area contributed by atoms with Gasteiger partial charge in [0.25, 0.3) is 0 Å². The molecule has 2 aromatic carbocycles. The summed E-state index contributed by atoms with van der Waals surface area (Å²) in [5.41, 5.74) is 1.25. The number of aryl methyl sites for hydroxylation is 1. The predicted molar refractivity (Wildman–Crippen MR) is 264 cm³/mol. The van der Waals surface area contributed by atoms with E-state index in [1.54, 1.807) is 74.4 Å². The van der Waals surface area contributed by atoms with E-state index in [-0.39, 0.29) is 51.1 Å². The number of ketones is 2. The Balaban J connectivity index is 2.26. The van der Waals surface area contributed by atoms with E-state index in [0.717, 1.165) is 30.4 Å². The van der Waals surface area contributed by atoms with Gasteiger partial charge >= 0.3 is 24.2 Å². The third kappa shape index (κ3) is 25.3. The Morgan fingerprint density at radius 2 is 1.01 bits per heavy atom. The van der Waals surface area contributed by atoms with Gasteiger partial charge in [-0.3, -0.25) is 19.2 Å². The number of amides is 5. The van der Waals surface area contributed by atoms with Crippen LogP contribution in [0.2, 0.25) is 0 Å². The average molecular weight is 966 g/mol. The van der Waals surface area contributed by atoms with Crippen molar-refractivity contribution in [3.63, 3.8) is 0 Å². The Morgan fingerprint density at radius 3 is 1.48 bits per heavy atom. The molecule has 17 nitrogen and oxygen atoms in total. The minimum Gasteiger partial charge on any atom is -0.480 e. The van der Waals surface area contributed by atoms with Crippen molar-refractivity contribution < 1.29 is 57.7 Å². The topological polar surface area (TPSA) is 245 Å². The Labute approximate surface area is 408 Å². The van der Waals surface area contributed by atoms with E-state index in [9.17, 15) is 43.5 Å². The van der Waals surface area contributed by atoms with Crippen LogP contribution in [0.5, 0.6) is 0 Å². The van der Waals surface area contributed by atoms with E-state index in [1.165, 1.54) is 12.5 Å². The first-order valence-electron chi connectivity index (χ1n) is 24.2. The van der Waals surface area contributed by atoms with E-state index in [2.05, 4.69) is 45.6 Å². The molecule has 0 spiro atoms. The summed E-state index contributed by atoms with van der Waals surface area (Å²) in [6, 6.07) is 12.9. The average Bonchev–Trinajstić information content (AvgIpc) is 3.24. The van der Waals surface area contributed by atoms with E-state index in [4.69, 9.17) is 14.2 Å². The molecule has 0 unspecified atom stereocenters. The van der Waals surface area contributed by atoms with Crippen LogP contribution in [0.25, 0.3) is 11.1 Å². The van der Waals surface area contributed by atoms with Crippen molar-refractivity contribution in [2.75, 3.05) is 19.6 Å². The SMILES string of the molecule is CCCCc1ccc(-c2ccc(C(=O)C[C@@H](CNC(=O)OC(C)(C)C)C(=O)N[C@@H](CCCCNC(=O)OC(C)(C)C)C(=O)C[C@@H](C)C(=O)N[C@@H](CCCCNC(=O)OC(C)(C)C)C(=O)O)cc2)cc1. The molecule has 0 aliphatic heterocycles. The zero-order valence-electron chi connectivity index (χ0n) is 42.8. The van der Waals surface area contributed by atoms with E-state index < -0.39 is 82.6 Å². The number of carbonyl (C=O) groups excluding carboxylic acids is 7. The monoisotopic (exact) mass is 966 g/mol. The van der Waals surface area contributed by atoms with Crippen LogP contribution in [0.3, 0.4) is 0 Å². The molecule has 17 heteroatoms. The van der Waals surface area contributed by atoms with Crippen LogP contribution in [0.4, 0.5) is 14.4 Å². The molecule has 0 aliphatic carbocycles. The number of carbonyl (C=O) groups is 8. The highest BCUT2D eigenvalue weighted by molar-refractivity contribution is 6.00. The highest BCUT2D eigenvalue weighted by atomic mass is 16.6. The molecular formula is C52H79N5O12. The van der Waals surface area contributed by atoms with Gasteiger partial charge in [-0.1, -0.05) is 68.8 Å². The second-order valence-corrected chi connectivity index (χ2v) is 20.5. The number of hydrogen-bond donors (Lipinski definition) is 6. The van der Waals surface area contributed by atoms with Crippen molar-refractivity contribution in [2.24, 2.45) is 11.8 Å². The summed E-state index contributed by atoms with van der Waals surface area (Å²) in [4.78, 5) is 104. The molecule has 0 bridgehead atoms. The van der Waals surface area contributed by atoms with E-state index in [0.29, 0.717) is 31.2 Å². The lowest BCUT2D eigenvalue weighted by atomic mass is 9.93. The Bertz CT molecular complexity index is 2000. The number of nitrogens with one attached hydrogen (secondary N) is 5. The second-order valence-electron chi connectivity index (χ2n) is 20.5. The van der Waals surface area contributed by atoms with Crippen LogP contribution in [-0.2, 0) is 39.8 Å². The largest absolute Gasteiger partial charge is 0.480 e. The third-order valence-corrected chi connectivity index (χ3v) is 10.5. The molecule has 0 fully saturated rings. The first-order valence-corrected chi connectivity index (χ1v) is 24.2. The number of unbranched alkanes of at least 4 members (excludes halogenated alkanes) is 3. The maximum Gasteiger partial charge on any atom is 0.407 e. The summed E-state index contributed by atoms with van der Waals surface area (Å²) < 4.78 is 15.9. The lowest BCUT2D eigenvalue weighted by Crippen LogP contribution is -2.48. The Kier molecular flexibility index (Phi) is 24.4. The number of carboxylic acids is 1. The summed E-state index contributed by atoms with van der Waals surface area (Å²) in [7, 11) is 0. The minimum atomic E-state index is -1.27. The van der Waals surface area contributed by atoms with Gasteiger partial charge in [-0.15, -0.1) is 0 Å². The number of rotatable bonds is 27. The molecule has 5 amide bonds. The molecular weight excluding hydrogens is 887 g/mol. The first kappa shape index (κ1) is 59.1. The predicted octanol–water partition coefficient (Wildman–Crippen LogP) is 8.45. The zero-order valence-corrected chi connectivity index (χ0v) is 42.8. The van der Waals surface area contributed by atoms with Gasteiger partial charge in [0.05, 0.1) is 12.0 Å². The fraction of sp³-hybridized carbons (Fsp3) is 0.615. The highest BCUT2D eigenvalue weighted by Crippen LogP contribution is 2.23. The summed E-state index contributed by atoms with van der Waals surface area (Å²) in [5, 5.41) is 23.0. The van der Waals surface area contributed by atoms with Crippen LogP contribution in [0.15, 0.2) is 48.5 Å². The second kappa shape index (κ2) is 28.5. The summed E-state index contributed by atoms with van der Waals surface area (Å²) in [6.45, 7) is 19.2. The molecule has 0 radical (unpaired) electrons. The molecule has 2 rings (SSSR count). The molecule has 0 saturated heterocycles. The Morgan fingerprint density at radius 1 is 0.565 bits per heavy atom. The van der Waals surface area contributed by atoms with Gasteiger partial charge in [-0.05, 0) is 130 Å². The zero-order chi connectivity index (χ0) is 52.0. The fourth-order valence-electron chi connectivity index (χ4n) is 6.88. The van der Waals surface area contributed by atoms with Crippen molar-refractivity contribution in [1.29, 1.82) is 0 Å². The van der Waals surface area contributed by atoms with Gasteiger partial charge in [0.1, 0.15) is 22.8 Å². The standard InChI is InChI=1S/C52H79N5O12/c1-12-13-18-35-21-23-36(24-22-35)37-25-27-38(28-26-37)42(58)32-39(33-55-49(66)69-52(9,10)11)45(61)56-40(19-14-16-29-53-47(64)67-50(3,4)5)43(59)31-34(2)44(60)57-41(46(62)63)20-15-17-30-54-48(65)68-51(6,7)8/h21-28,34,39-41H,12-20,29-33H2,1-11H3,(H,53,64)(H,54,65)(H,55,66)(H,56,61)(H,57,60)(H,62,63)/t34-,39+,40+,41+/m1/s1. The van der Waals surface area contributed by atoms with Gasteiger partial charge in [0.2, 0.25) is 11.8 Å². The van der Waals surface area contributed by atoms with E-state index >= 15 is 0 Å². The molecule has 0 heterocycles. The van der Waals surface area contributed by atoms with E-state index in [1.807, 2.05) is 24.3 Å². The van der Waals surface area contributed by atoms with Gasteiger partial charge < -0.3 is 45.9 Å². The maximum atomic E-state index is 14.2. The molecule has 6 N–H and O–H groups in total. The number of alkyl carbamates (subject to hydrolysis) is 3. The number of Topliss-reactive ketones (excluding diaryl/α,β-unsaturated/α-hetero) is 2. The number of benzene rings is 2. The number of ether oxygens (including phenoxy) is 3. The van der Waals surface area contributed by atoms with Crippen LogP contribution < -0.4 is 26.6 Å². The van der Waals surface area contributed by atoms with Gasteiger partial charge in [0, 0.05) is 44.0 Å². The number of hydrogen-bond acceptors (Lipinski definition) is 11. The fourth-order valence-corrected chi connectivity index (χ4v) is 6.88. The minimum absolute atomic E-state index is 0.0579. The summed E-state index contributed by atoms with van der Waals surface area (Å²) >= 11 is 0. The molecule has 4 atom stereocenters. The maximum absolute atomic E-state index is 14.2. The quantitative estimate of drug-likeness (QED) is 0.0281. The van der Waals surface area contributed by atoms with Gasteiger partial charge in [0.15, 0.2) is 11.6 Å². The molecule has 2 aromatic rings. The van der Waals surface area contributed by atoms with Crippen molar-refractivity contribution in [3.05, 3.63) is 59.7 Å². The van der Waals surface area contributed by atoms with Gasteiger partial charge in [-0.2, -0.15) is 0 Å². The van der Waals surface area contributed by atoms with Crippen molar-refractivity contribution >= 4 is 47.6 Å². The normalized spacial score (nSPS) is 13.4. The molecule has 69 heavy (non-hydrogen) atoms. The number of aliphatic carboxylic acids is 1. The summed E-state index contributed by atoms with van der Waals surface area (Å²) in [6.07, 6.45) is 2.13. The lowest BCUT2D eigenvalue weighted by molar-refractivity contribution is -0.142. The smallest absolute Gasteiger partial charge is 0.407 e. The third-order valence-electron chi connectivity index (χ3n) is 10.5. The van der Waals surface area contributed by atoms with Crippen LogP contribution in [0, 0.1) is 11.8 Å². The highest BCUT2D eigenvalue weighted by Gasteiger charge is 2.31. The molecule has 0 aliphatic rings. The first-order chi connectivity index (χ1) is 32.2.